The number of carbonyl (C=O) groups is 1. The molecule has 1 aromatic rings. The van der Waals surface area contributed by atoms with Crippen molar-refractivity contribution in [3.63, 3.8) is 0 Å². The second kappa shape index (κ2) is 4.88. The highest BCUT2D eigenvalue weighted by Crippen LogP contribution is 2.18. The Balaban J connectivity index is 2.28. The zero-order valence-corrected chi connectivity index (χ0v) is 10.8. The summed E-state index contributed by atoms with van der Waals surface area (Å²) in [5.74, 6) is 0.176. The van der Waals surface area contributed by atoms with Crippen LogP contribution < -0.4 is 5.32 Å². The van der Waals surface area contributed by atoms with Gasteiger partial charge in [0.1, 0.15) is 0 Å². The van der Waals surface area contributed by atoms with Crippen LogP contribution in [-0.4, -0.2) is 36.5 Å². The first-order valence-electron chi connectivity index (χ1n) is 6.23. The molecule has 3 nitrogen and oxygen atoms in total. The van der Waals surface area contributed by atoms with E-state index in [1.165, 1.54) is 0 Å². The van der Waals surface area contributed by atoms with Gasteiger partial charge in [0.2, 0.25) is 0 Å². The van der Waals surface area contributed by atoms with Crippen molar-refractivity contribution in [3.8, 4) is 0 Å². The fourth-order valence-electron chi connectivity index (χ4n) is 2.36. The van der Waals surface area contributed by atoms with E-state index in [1.54, 1.807) is 0 Å². The normalized spacial score (nSPS) is 15.5. The van der Waals surface area contributed by atoms with Gasteiger partial charge in [-0.3, -0.25) is 4.79 Å². The average Bonchev–Trinajstić information content (AvgIpc) is 2.22. The Morgan fingerprint density at radius 3 is 2.35 bits per heavy atom. The van der Waals surface area contributed by atoms with E-state index in [-0.39, 0.29) is 5.91 Å². The summed E-state index contributed by atoms with van der Waals surface area (Å²) < 4.78 is 0. The van der Waals surface area contributed by atoms with Gasteiger partial charge in [0.15, 0.2) is 0 Å². The van der Waals surface area contributed by atoms with Crippen molar-refractivity contribution in [1.82, 2.24) is 10.2 Å². The van der Waals surface area contributed by atoms with Gasteiger partial charge in [0.25, 0.3) is 5.91 Å². The number of aryl methyl sites for hydroxylation is 2. The molecule has 0 atom stereocenters. The minimum absolute atomic E-state index is 0.176. The van der Waals surface area contributed by atoms with Crippen molar-refractivity contribution in [3.05, 3.63) is 34.9 Å². The number of hydrogen-bond acceptors (Lipinski definition) is 2. The van der Waals surface area contributed by atoms with Crippen LogP contribution in [0.3, 0.4) is 0 Å². The first-order chi connectivity index (χ1) is 8.15. The molecule has 1 aliphatic heterocycles. The third kappa shape index (κ3) is 2.20. The van der Waals surface area contributed by atoms with Crippen LogP contribution in [0.15, 0.2) is 18.2 Å². The van der Waals surface area contributed by atoms with Gasteiger partial charge in [-0.1, -0.05) is 18.2 Å². The van der Waals surface area contributed by atoms with Gasteiger partial charge in [-0.25, -0.2) is 0 Å². The number of nitrogens with one attached hydrogen (secondary N) is 1. The summed E-state index contributed by atoms with van der Waals surface area (Å²) in [5.41, 5.74) is 3.02. The second-order valence-corrected chi connectivity index (χ2v) is 4.67. The monoisotopic (exact) mass is 232 g/mol. The quantitative estimate of drug-likeness (QED) is 0.861. The summed E-state index contributed by atoms with van der Waals surface area (Å²) in [4.78, 5) is 14.5. The Morgan fingerprint density at radius 1 is 1.35 bits per heavy atom. The molecule has 1 amide bonds. The molecule has 1 aliphatic rings. The number of amides is 1. The molecule has 17 heavy (non-hydrogen) atoms. The van der Waals surface area contributed by atoms with E-state index < -0.39 is 0 Å². The molecule has 1 saturated heterocycles. The van der Waals surface area contributed by atoms with E-state index in [0.29, 0.717) is 6.04 Å². The second-order valence-electron chi connectivity index (χ2n) is 4.67. The van der Waals surface area contributed by atoms with Crippen molar-refractivity contribution in [2.75, 3.05) is 19.6 Å². The van der Waals surface area contributed by atoms with Gasteiger partial charge in [0, 0.05) is 25.2 Å². The molecule has 2 rings (SSSR count). The van der Waals surface area contributed by atoms with E-state index >= 15 is 0 Å². The van der Waals surface area contributed by atoms with Gasteiger partial charge < -0.3 is 10.2 Å². The molecule has 1 N–H and O–H groups in total. The summed E-state index contributed by atoms with van der Waals surface area (Å²) in [6.07, 6.45) is 0. The van der Waals surface area contributed by atoms with Gasteiger partial charge in [-0.05, 0) is 31.9 Å². The topological polar surface area (TPSA) is 32.3 Å². The van der Waals surface area contributed by atoms with Crippen LogP contribution in [0.5, 0.6) is 0 Å². The lowest BCUT2D eigenvalue weighted by Crippen LogP contribution is -2.58. The molecule has 1 fully saturated rings. The van der Waals surface area contributed by atoms with Crippen molar-refractivity contribution in [2.24, 2.45) is 0 Å². The fourth-order valence-corrected chi connectivity index (χ4v) is 2.36. The molecule has 0 aromatic heterocycles. The van der Waals surface area contributed by atoms with Crippen LogP contribution in [0, 0.1) is 13.8 Å². The minimum Gasteiger partial charge on any atom is -0.333 e. The molecule has 0 aliphatic carbocycles. The zero-order chi connectivity index (χ0) is 12.4. The largest absolute Gasteiger partial charge is 0.333 e. The van der Waals surface area contributed by atoms with Crippen LogP contribution in [0.2, 0.25) is 0 Å². The maximum absolute atomic E-state index is 12.5. The van der Waals surface area contributed by atoms with E-state index in [4.69, 9.17) is 0 Å². The summed E-state index contributed by atoms with van der Waals surface area (Å²) in [7, 11) is 0. The molecular formula is C14H20N2O. The predicted molar refractivity (Wildman–Crippen MR) is 69.3 cm³/mol. The summed E-state index contributed by atoms with van der Waals surface area (Å²) >= 11 is 0. The van der Waals surface area contributed by atoms with Gasteiger partial charge in [-0.2, -0.15) is 0 Å². The average molecular weight is 232 g/mol. The highest BCUT2D eigenvalue weighted by molar-refractivity contribution is 5.97. The molecule has 1 aromatic carbocycles. The molecule has 92 valence electrons. The molecule has 1 heterocycles. The summed E-state index contributed by atoms with van der Waals surface area (Å²) in [5, 5.41) is 3.22. The van der Waals surface area contributed by atoms with Crippen LogP contribution in [0.25, 0.3) is 0 Å². The van der Waals surface area contributed by atoms with E-state index in [2.05, 4.69) is 5.32 Å². The van der Waals surface area contributed by atoms with Crippen molar-refractivity contribution >= 4 is 5.91 Å². The third-order valence-electron chi connectivity index (χ3n) is 3.50. The Morgan fingerprint density at radius 2 is 1.94 bits per heavy atom. The molecule has 0 unspecified atom stereocenters. The fraction of sp³-hybridized carbons (Fsp3) is 0.500. The number of hydrogen-bond donors (Lipinski definition) is 1. The summed E-state index contributed by atoms with van der Waals surface area (Å²) in [6.45, 7) is 8.68. The number of nitrogens with zero attached hydrogens (tertiary/aromatic N) is 1. The Labute approximate surface area is 103 Å². The smallest absolute Gasteiger partial charge is 0.254 e. The first kappa shape index (κ1) is 12.1. The van der Waals surface area contributed by atoms with Gasteiger partial charge in [-0.15, -0.1) is 0 Å². The summed E-state index contributed by atoms with van der Waals surface area (Å²) in [6, 6.07) is 6.38. The first-order valence-corrected chi connectivity index (χ1v) is 6.23. The standard InChI is InChI=1S/C14H20N2O/c1-4-16(12-8-15-9-12)14(17)13-10(2)6-5-7-11(13)3/h5-7,12,15H,4,8-9H2,1-3H3. The Hall–Kier alpha value is -1.35. The van der Waals surface area contributed by atoms with Crippen LogP contribution >= 0.6 is 0 Å². The Bertz CT molecular complexity index is 404. The SMILES string of the molecule is CCN(C(=O)c1c(C)cccc1C)C1CNC1. The number of likely N-dealkylation sites (N-methyl/N-ethyl adjacent to an activating group) is 1. The van der Waals surface area contributed by atoms with Crippen molar-refractivity contribution in [2.45, 2.75) is 26.8 Å². The number of benzene rings is 1. The highest BCUT2D eigenvalue weighted by atomic mass is 16.2. The molecule has 0 bridgehead atoms. The van der Waals surface area contributed by atoms with Crippen molar-refractivity contribution < 1.29 is 4.79 Å². The third-order valence-corrected chi connectivity index (χ3v) is 3.50. The predicted octanol–water partition coefficient (Wildman–Crippen LogP) is 1.74. The zero-order valence-electron chi connectivity index (χ0n) is 10.8. The van der Waals surface area contributed by atoms with E-state index in [1.807, 2.05) is 43.9 Å². The highest BCUT2D eigenvalue weighted by Gasteiger charge is 2.29. The van der Waals surface area contributed by atoms with Gasteiger partial charge >= 0.3 is 0 Å². The number of carbonyl (C=O) groups excluding carboxylic acids is 1. The van der Waals surface area contributed by atoms with Crippen molar-refractivity contribution in [1.29, 1.82) is 0 Å². The van der Waals surface area contributed by atoms with Crippen LogP contribution in [0.4, 0.5) is 0 Å². The minimum atomic E-state index is 0.176. The van der Waals surface area contributed by atoms with Crippen LogP contribution in [0.1, 0.15) is 28.4 Å². The lowest BCUT2D eigenvalue weighted by molar-refractivity contribution is 0.0628. The maximum atomic E-state index is 12.5. The number of rotatable bonds is 3. The van der Waals surface area contributed by atoms with Crippen LogP contribution in [-0.2, 0) is 0 Å². The Kier molecular flexibility index (Phi) is 3.48. The molecule has 0 radical (unpaired) electrons. The molecule has 0 saturated carbocycles. The lowest BCUT2D eigenvalue weighted by Gasteiger charge is -2.38. The molecule has 0 spiro atoms. The van der Waals surface area contributed by atoms with Gasteiger partial charge in [0.05, 0.1) is 6.04 Å². The maximum Gasteiger partial charge on any atom is 0.254 e. The lowest BCUT2D eigenvalue weighted by atomic mass is 10.00. The van der Waals surface area contributed by atoms with E-state index in [0.717, 1.165) is 36.3 Å². The molecule has 3 heteroatoms. The molecular weight excluding hydrogens is 212 g/mol. The van der Waals surface area contributed by atoms with E-state index in [9.17, 15) is 4.79 Å².